The maximum Gasteiger partial charge on any atom is 0.165 e. The van der Waals surface area contributed by atoms with Gasteiger partial charge in [0, 0.05) is 16.5 Å². The fourth-order valence-corrected chi connectivity index (χ4v) is 2.07. The highest BCUT2D eigenvalue weighted by Crippen LogP contribution is 2.26. The number of para-hydroxylation sites is 1. The van der Waals surface area contributed by atoms with Crippen LogP contribution in [0.3, 0.4) is 0 Å². The van der Waals surface area contributed by atoms with E-state index in [4.69, 9.17) is 4.74 Å². The standard InChI is InChI=1S/C14H10BrF3O/c15-7-9-3-1-6-12(17)14(9)19-8-10-4-2-5-11(16)13(10)18/h1-6H,7-8H2. The van der Waals surface area contributed by atoms with Gasteiger partial charge in [-0.1, -0.05) is 40.2 Å². The zero-order chi connectivity index (χ0) is 13.8. The van der Waals surface area contributed by atoms with Gasteiger partial charge in [0.1, 0.15) is 6.61 Å². The highest BCUT2D eigenvalue weighted by atomic mass is 79.9. The molecule has 0 spiro atoms. The quantitative estimate of drug-likeness (QED) is 0.746. The van der Waals surface area contributed by atoms with Crippen LogP contribution in [-0.4, -0.2) is 0 Å². The van der Waals surface area contributed by atoms with E-state index in [9.17, 15) is 13.2 Å². The van der Waals surface area contributed by atoms with Gasteiger partial charge in [-0.05, 0) is 12.1 Å². The lowest BCUT2D eigenvalue weighted by Gasteiger charge is -2.11. The molecular weight excluding hydrogens is 321 g/mol. The van der Waals surface area contributed by atoms with Crippen LogP contribution >= 0.6 is 15.9 Å². The van der Waals surface area contributed by atoms with Crippen LogP contribution in [-0.2, 0) is 11.9 Å². The summed E-state index contributed by atoms with van der Waals surface area (Å²) in [5.41, 5.74) is 0.653. The molecule has 5 heteroatoms. The smallest absolute Gasteiger partial charge is 0.165 e. The van der Waals surface area contributed by atoms with E-state index in [-0.39, 0.29) is 17.9 Å². The molecule has 0 radical (unpaired) electrons. The Hall–Kier alpha value is -1.49. The number of halogens is 4. The number of hydrogen-bond acceptors (Lipinski definition) is 1. The van der Waals surface area contributed by atoms with Crippen molar-refractivity contribution >= 4 is 15.9 Å². The Bertz CT molecular complexity index is 587. The summed E-state index contributed by atoms with van der Waals surface area (Å²) in [5, 5.41) is 0.408. The Labute approximate surface area is 117 Å². The maximum absolute atomic E-state index is 13.6. The maximum atomic E-state index is 13.6. The van der Waals surface area contributed by atoms with Crippen molar-refractivity contribution in [1.82, 2.24) is 0 Å². The van der Waals surface area contributed by atoms with E-state index in [1.165, 1.54) is 18.2 Å². The first kappa shape index (κ1) is 13.9. The SMILES string of the molecule is Fc1cccc(COc2c(F)cccc2CBr)c1F. The molecule has 0 saturated carbocycles. The van der Waals surface area contributed by atoms with Crippen molar-refractivity contribution in [3.05, 3.63) is 65.0 Å². The number of alkyl halides is 1. The Balaban J connectivity index is 2.21. The van der Waals surface area contributed by atoms with Crippen molar-refractivity contribution in [3.8, 4) is 5.75 Å². The monoisotopic (exact) mass is 330 g/mol. The number of rotatable bonds is 4. The zero-order valence-electron chi connectivity index (χ0n) is 9.80. The van der Waals surface area contributed by atoms with Crippen LogP contribution in [0.25, 0.3) is 0 Å². The molecule has 0 aliphatic carbocycles. The van der Waals surface area contributed by atoms with Gasteiger partial charge in [-0.2, -0.15) is 0 Å². The third kappa shape index (κ3) is 3.10. The molecule has 0 unspecified atom stereocenters. The van der Waals surface area contributed by atoms with E-state index in [0.29, 0.717) is 10.9 Å². The van der Waals surface area contributed by atoms with Gasteiger partial charge in [-0.15, -0.1) is 0 Å². The minimum Gasteiger partial charge on any atom is -0.485 e. The average Bonchev–Trinajstić information content (AvgIpc) is 2.41. The van der Waals surface area contributed by atoms with Gasteiger partial charge in [0.2, 0.25) is 0 Å². The van der Waals surface area contributed by atoms with E-state index in [2.05, 4.69) is 15.9 Å². The minimum absolute atomic E-state index is 0.0445. The predicted molar refractivity (Wildman–Crippen MR) is 69.7 cm³/mol. The third-order valence-corrected chi connectivity index (χ3v) is 3.20. The van der Waals surface area contributed by atoms with Crippen molar-refractivity contribution < 1.29 is 17.9 Å². The second kappa shape index (κ2) is 6.10. The van der Waals surface area contributed by atoms with E-state index >= 15 is 0 Å². The van der Waals surface area contributed by atoms with Crippen molar-refractivity contribution in [2.75, 3.05) is 0 Å². The molecule has 0 aliphatic rings. The van der Waals surface area contributed by atoms with E-state index < -0.39 is 17.5 Å². The molecule has 0 fully saturated rings. The predicted octanol–water partition coefficient (Wildman–Crippen LogP) is 4.58. The minimum atomic E-state index is -0.973. The third-order valence-electron chi connectivity index (χ3n) is 2.60. The molecule has 2 aromatic carbocycles. The van der Waals surface area contributed by atoms with E-state index in [0.717, 1.165) is 6.07 Å². The van der Waals surface area contributed by atoms with E-state index in [1.807, 2.05) is 0 Å². The largest absolute Gasteiger partial charge is 0.485 e. The lowest BCUT2D eigenvalue weighted by atomic mass is 10.2. The summed E-state index contributed by atoms with van der Waals surface area (Å²) >= 11 is 3.21. The van der Waals surface area contributed by atoms with Crippen LogP contribution in [0.2, 0.25) is 0 Å². The molecule has 0 atom stereocenters. The van der Waals surface area contributed by atoms with Gasteiger partial charge >= 0.3 is 0 Å². The van der Waals surface area contributed by atoms with Gasteiger partial charge in [0.15, 0.2) is 23.2 Å². The van der Waals surface area contributed by atoms with Crippen molar-refractivity contribution in [3.63, 3.8) is 0 Å². The van der Waals surface area contributed by atoms with Crippen molar-refractivity contribution in [1.29, 1.82) is 0 Å². The molecule has 0 bridgehead atoms. The molecule has 19 heavy (non-hydrogen) atoms. The average molecular weight is 331 g/mol. The molecule has 2 rings (SSSR count). The number of ether oxygens (including phenoxy) is 1. The van der Waals surface area contributed by atoms with Crippen molar-refractivity contribution in [2.24, 2.45) is 0 Å². The van der Waals surface area contributed by atoms with Crippen molar-refractivity contribution in [2.45, 2.75) is 11.9 Å². The first-order valence-electron chi connectivity index (χ1n) is 5.52. The first-order chi connectivity index (χ1) is 9.13. The molecule has 0 saturated heterocycles. The Morgan fingerprint density at radius 3 is 2.21 bits per heavy atom. The summed E-state index contributed by atoms with van der Waals surface area (Å²) in [6.07, 6.45) is 0. The normalized spacial score (nSPS) is 10.5. The van der Waals surface area contributed by atoms with Gasteiger partial charge in [0.05, 0.1) is 0 Å². The summed E-state index contributed by atoms with van der Waals surface area (Å²) in [7, 11) is 0. The Morgan fingerprint density at radius 2 is 1.53 bits per heavy atom. The molecule has 1 nitrogen and oxygen atoms in total. The summed E-state index contributed by atoms with van der Waals surface area (Å²) in [6, 6.07) is 8.29. The Morgan fingerprint density at radius 1 is 0.895 bits per heavy atom. The summed E-state index contributed by atoms with van der Waals surface area (Å²) < 4.78 is 45.3. The molecule has 0 aliphatic heterocycles. The number of hydrogen-bond donors (Lipinski definition) is 0. The Kier molecular flexibility index (Phi) is 4.47. The van der Waals surface area contributed by atoms with Gasteiger partial charge < -0.3 is 4.74 Å². The summed E-state index contributed by atoms with van der Waals surface area (Å²) in [5.74, 6) is -2.41. The van der Waals surface area contributed by atoms with Gasteiger partial charge in [-0.3, -0.25) is 0 Å². The van der Waals surface area contributed by atoms with Crippen LogP contribution in [0, 0.1) is 17.5 Å². The molecule has 0 N–H and O–H groups in total. The lowest BCUT2D eigenvalue weighted by Crippen LogP contribution is -2.03. The lowest BCUT2D eigenvalue weighted by molar-refractivity contribution is 0.280. The highest BCUT2D eigenvalue weighted by Gasteiger charge is 2.12. The second-order valence-corrected chi connectivity index (χ2v) is 4.42. The highest BCUT2D eigenvalue weighted by molar-refractivity contribution is 9.08. The summed E-state index contributed by atoms with van der Waals surface area (Å²) in [4.78, 5) is 0. The molecule has 0 amide bonds. The van der Waals surface area contributed by atoms with Crippen LogP contribution in [0.1, 0.15) is 11.1 Å². The molecule has 2 aromatic rings. The van der Waals surface area contributed by atoms with Crippen LogP contribution < -0.4 is 4.74 Å². The van der Waals surface area contributed by atoms with Crippen LogP contribution in [0.5, 0.6) is 5.75 Å². The molecular formula is C14H10BrF3O. The topological polar surface area (TPSA) is 9.23 Å². The van der Waals surface area contributed by atoms with E-state index in [1.54, 1.807) is 12.1 Å². The summed E-state index contributed by atoms with van der Waals surface area (Å²) in [6.45, 7) is -0.232. The first-order valence-corrected chi connectivity index (χ1v) is 6.64. The zero-order valence-corrected chi connectivity index (χ0v) is 11.4. The van der Waals surface area contributed by atoms with Gasteiger partial charge in [-0.25, -0.2) is 13.2 Å². The fraction of sp³-hybridized carbons (Fsp3) is 0.143. The fourth-order valence-electron chi connectivity index (χ4n) is 1.63. The number of benzene rings is 2. The molecule has 0 heterocycles. The van der Waals surface area contributed by atoms with Crippen LogP contribution in [0.4, 0.5) is 13.2 Å². The second-order valence-electron chi connectivity index (χ2n) is 3.86. The molecule has 0 aromatic heterocycles. The van der Waals surface area contributed by atoms with Crippen LogP contribution in [0.15, 0.2) is 36.4 Å². The molecule has 100 valence electrons. The van der Waals surface area contributed by atoms with Gasteiger partial charge in [0.25, 0.3) is 0 Å².